The first-order chi connectivity index (χ1) is 7.18. The summed E-state index contributed by atoms with van der Waals surface area (Å²) < 4.78 is 4.48. The highest BCUT2D eigenvalue weighted by molar-refractivity contribution is 7.71. The first kappa shape index (κ1) is 10.1. The van der Waals surface area contributed by atoms with Crippen LogP contribution in [-0.4, -0.2) is 24.5 Å². The maximum Gasteiger partial charge on any atom is 0.195 e. The van der Waals surface area contributed by atoms with E-state index in [4.69, 9.17) is 12.2 Å². The van der Waals surface area contributed by atoms with E-state index in [1.54, 1.807) is 6.20 Å². The molecule has 5 nitrogen and oxygen atoms in total. The first-order valence-electron chi connectivity index (χ1n) is 4.81. The lowest BCUT2D eigenvalue weighted by Gasteiger charge is -2.09. The standard InChI is InChI=1S/C9H13N5S/c1-7(2)14-8(11-12-9(14)15)6-13-5-3-4-10-13/h3-5,7H,6H2,1-2H3,(H,12,15). The Bertz CT molecular complexity index is 479. The lowest BCUT2D eigenvalue weighted by atomic mass is 10.4. The van der Waals surface area contributed by atoms with Crippen LogP contribution in [-0.2, 0) is 6.54 Å². The van der Waals surface area contributed by atoms with Crippen molar-refractivity contribution in [2.75, 3.05) is 0 Å². The number of aromatic nitrogens is 5. The molecule has 0 fully saturated rings. The molecule has 0 saturated heterocycles. The monoisotopic (exact) mass is 223 g/mol. The highest BCUT2D eigenvalue weighted by Gasteiger charge is 2.09. The lowest BCUT2D eigenvalue weighted by molar-refractivity contribution is 0.534. The summed E-state index contributed by atoms with van der Waals surface area (Å²) in [6.45, 7) is 4.80. The van der Waals surface area contributed by atoms with E-state index in [9.17, 15) is 0 Å². The molecule has 0 amide bonds. The highest BCUT2D eigenvalue weighted by atomic mass is 32.1. The van der Waals surface area contributed by atoms with Crippen molar-refractivity contribution >= 4 is 12.2 Å². The van der Waals surface area contributed by atoms with Crippen molar-refractivity contribution in [3.63, 3.8) is 0 Å². The fraction of sp³-hybridized carbons (Fsp3) is 0.444. The zero-order valence-corrected chi connectivity index (χ0v) is 9.53. The van der Waals surface area contributed by atoms with Crippen molar-refractivity contribution in [3.8, 4) is 0 Å². The van der Waals surface area contributed by atoms with Crippen molar-refractivity contribution in [3.05, 3.63) is 29.1 Å². The number of H-pyrrole nitrogens is 1. The summed E-state index contributed by atoms with van der Waals surface area (Å²) in [5.74, 6) is 0.902. The second-order valence-corrected chi connectivity index (χ2v) is 4.00. The van der Waals surface area contributed by atoms with Gasteiger partial charge in [-0.15, -0.1) is 0 Å². The van der Waals surface area contributed by atoms with E-state index < -0.39 is 0 Å². The number of hydrogen-bond donors (Lipinski definition) is 1. The van der Waals surface area contributed by atoms with Gasteiger partial charge in [-0.3, -0.25) is 9.78 Å². The number of rotatable bonds is 3. The molecular formula is C9H13N5S. The van der Waals surface area contributed by atoms with Crippen LogP contribution in [0.1, 0.15) is 25.7 Å². The third-order valence-corrected chi connectivity index (χ3v) is 2.44. The second kappa shape index (κ2) is 3.98. The van der Waals surface area contributed by atoms with Gasteiger partial charge in [0.2, 0.25) is 0 Å². The van der Waals surface area contributed by atoms with Crippen LogP contribution in [0.5, 0.6) is 0 Å². The SMILES string of the molecule is CC(C)n1c(Cn2cccn2)n[nH]c1=S. The zero-order valence-electron chi connectivity index (χ0n) is 8.71. The van der Waals surface area contributed by atoms with Gasteiger partial charge in [0.15, 0.2) is 10.6 Å². The van der Waals surface area contributed by atoms with Crippen molar-refractivity contribution in [1.82, 2.24) is 24.5 Å². The van der Waals surface area contributed by atoms with Gasteiger partial charge < -0.3 is 4.57 Å². The minimum absolute atomic E-state index is 0.307. The van der Waals surface area contributed by atoms with Gasteiger partial charge in [0.25, 0.3) is 0 Å². The summed E-state index contributed by atoms with van der Waals surface area (Å²) in [6.07, 6.45) is 3.66. The van der Waals surface area contributed by atoms with E-state index in [2.05, 4.69) is 29.1 Å². The number of aromatic amines is 1. The van der Waals surface area contributed by atoms with Crippen LogP contribution in [0, 0.1) is 4.77 Å². The zero-order chi connectivity index (χ0) is 10.8. The molecule has 0 atom stereocenters. The Morgan fingerprint density at radius 2 is 2.33 bits per heavy atom. The third kappa shape index (κ3) is 1.99. The smallest absolute Gasteiger partial charge is 0.195 e. The van der Waals surface area contributed by atoms with E-state index in [0.29, 0.717) is 17.4 Å². The Balaban J connectivity index is 2.33. The van der Waals surface area contributed by atoms with Crippen LogP contribution in [0.15, 0.2) is 18.5 Å². The summed E-state index contributed by atoms with van der Waals surface area (Å²) in [4.78, 5) is 0. The Morgan fingerprint density at radius 3 is 2.93 bits per heavy atom. The average molecular weight is 223 g/mol. The van der Waals surface area contributed by atoms with Crippen LogP contribution in [0.4, 0.5) is 0 Å². The van der Waals surface area contributed by atoms with Crippen molar-refractivity contribution in [2.45, 2.75) is 26.4 Å². The summed E-state index contributed by atoms with van der Waals surface area (Å²) in [5.41, 5.74) is 0. The molecule has 2 aromatic rings. The van der Waals surface area contributed by atoms with Gasteiger partial charge in [0.05, 0.1) is 0 Å². The molecule has 15 heavy (non-hydrogen) atoms. The summed E-state index contributed by atoms with van der Waals surface area (Å²) >= 11 is 5.16. The van der Waals surface area contributed by atoms with E-state index in [-0.39, 0.29) is 0 Å². The minimum Gasteiger partial charge on any atom is -0.300 e. The molecule has 0 aliphatic heterocycles. The van der Waals surface area contributed by atoms with Gasteiger partial charge in [0.1, 0.15) is 6.54 Å². The Morgan fingerprint density at radius 1 is 1.53 bits per heavy atom. The van der Waals surface area contributed by atoms with E-state index in [0.717, 1.165) is 5.82 Å². The maximum absolute atomic E-state index is 5.16. The molecule has 2 aromatic heterocycles. The minimum atomic E-state index is 0.307. The van der Waals surface area contributed by atoms with Gasteiger partial charge in [-0.05, 0) is 32.1 Å². The molecule has 0 aliphatic rings. The summed E-state index contributed by atoms with van der Waals surface area (Å²) in [5, 5.41) is 11.1. The largest absolute Gasteiger partial charge is 0.300 e. The second-order valence-electron chi connectivity index (χ2n) is 3.61. The molecule has 0 aromatic carbocycles. The van der Waals surface area contributed by atoms with Gasteiger partial charge in [-0.1, -0.05) is 0 Å². The topological polar surface area (TPSA) is 51.4 Å². The molecule has 80 valence electrons. The van der Waals surface area contributed by atoms with Crippen LogP contribution < -0.4 is 0 Å². The Labute approximate surface area is 92.7 Å². The van der Waals surface area contributed by atoms with E-state index in [1.807, 2.05) is 21.5 Å². The third-order valence-electron chi connectivity index (χ3n) is 2.16. The molecule has 1 N–H and O–H groups in total. The van der Waals surface area contributed by atoms with E-state index in [1.165, 1.54) is 0 Å². The molecule has 2 rings (SSSR count). The number of hydrogen-bond acceptors (Lipinski definition) is 3. The molecule has 0 saturated carbocycles. The molecule has 0 unspecified atom stereocenters. The lowest BCUT2D eigenvalue weighted by Crippen LogP contribution is -2.11. The van der Waals surface area contributed by atoms with Crippen LogP contribution in [0.2, 0.25) is 0 Å². The van der Waals surface area contributed by atoms with Crippen molar-refractivity contribution in [2.24, 2.45) is 0 Å². The fourth-order valence-corrected chi connectivity index (χ4v) is 1.88. The summed E-state index contributed by atoms with van der Waals surface area (Å²) in [6, 6.07) is 2.20. The molecule has 0 aliphatic carbocycles. The highest BCUT2D eigenvalue weighted by Crippen LogP contribution is 2.09. The number of nitrogens with zero attached hydrogens (tertiary/aromatic N) is 4. The van der Waals surface area contributed by atoms with Crippen molar-refractivity contribution < 1.29 is 0 Å². The van der Waals surface area contributed by atoms with Gasteiger partial charge in [-0.25, -0.2) is 0 Å². The van der Waals surface area contributed by atoms with Crippen LogP contribution in [0.25, 0.3) is 0 Å². The normalized spacial score (nSPS) is 11.1. The van der Waals surface area contributed by atoms with Crippen molar-refractivity contribution in [1.29, 1.82) is 0 Å². The molecule has 0 bridgehead atoms. The molecule has 0 spiro atoms. The quantitative estimate of drug-likeness (QED) is 0.807. The Kier molecular flexibility index (Phi) is 2.68. The molecule has 0 radical (unpaired) electrons. The molecule has 2 heterocycles. The van der Waals surface area contributed by atoms with Crippen LogP contribution >= 0.6 is 12.2 Å². The predicted molar refractivity (Wildman–Crippen MR) is 59.1 cm³/mol. The summed E-state index contributed by atoms with van der Waals surface area (Å²) in [7, 11) is 0. The van der Waals surface area contributed by atoms with Crippen LogP contribution in [0.3, 0.4) is 0 Å². The van der Waals surface area contributed by atoms with E-state index >= 15 is 0 Å². The maximum atomic E-state index is 5.16. The number of nitrogens with one attached hydrogen (secondary N) is 1. The molecular weight excluding hydrogens is 210 g/mol. The first-order valence-corrected chi connectivity index (χ1v) is 5.22. The van der Waals surface area contributed by atoms with Gasteiger partial charge in [0, 0.05) is 18.4 Å². The average Bonchev–Trinajstić information content (AvgIpc) is 2.76. The van der Waals surface area contributed by atoms with Gasteiger partial charge in [-0.2, -0.15) is 10.2 Å². The Hall–Kier alpha value is -1.43. The molecule has 6 heteroatoms. The van der Waals surface area contributed by atoms with Gasteiger partial charge >= 0.3 is 0 Å². The fourth-order valence-electron chi connectivity index (χ4n) is 1.52. The predicted octanol–water partition coefficient (Wildman–Crippen LogP) is 1.77.